The number of rotatable bonds is 7. The third-order valence-corrected chi connectivity index (χ3v) is 5.42. The zero-order valence-corrected chi connectivity index (χ0v) is 17.0. The number of ketones is 1. The first-order valence-corrected chi connectivity index (χ1v) is 10.3. The molecule has 1 aliphatic heterocycles. The molecule has 1 fully saturated rings. The molecule has 0 amide bonds. The number of carbonyl (C=O) groups is 1. The number of nitrogens with zero attached hydrogens (tertiary/aromatic N) is 5. The van der Waals surface area contributed by atoms with Gasteiger partial charge in [-0.1, -0.05) is 48.0 Å². The molecule has 2 aromatic carbocycles. The lowest BCUT2D eigenvalue weighted by Crippen LogP contribution is -2.46. The standard InChI is InChI=1S/C22H24ClN5O/c23-19-8-4-9-20(16-19)27-14-12-26(13-15-27)10-5-11-28-24-17-21(25-28)22(29)18-6-2-1-3-7-18/h1-4,6-9,16-17H,5,10-15H2. The minimum absolute atomic E-state index is 0.0889. The molecule has 0 radical (unpaired) electrons. The van der Waals surface area contributed by atoms with Crippen LogP contribution in [0.1, 0.15) is 22.5 Å². The summed E-state index contributed by atoms with van der Waals surface area (Å²) < 4.78 is 0. The first-order valence-electron chi connectivity index (χ1n) is 9.92. The van der Waals surface area contributed by atoms with Gasteiger partial charge in [-0.05, 0) is 24.6 Å². The van der Waals surface area contributed by atoms with Gasteiger partial charge in [0.25, 0.3) is 0 Å². The summed E-state index contributed by atoms with van der Waals surface area (Å²) in [4.78, 5) is 18.9. The Labute approximate surface area is 175 Å². The van der Waals surface area contributed by atoms with E-state index in [4.69, 9.17) is 11.6 Å². The average molecular weight is 410 g/mol. The fourth-order valence-electron chi connectivity index (χ4n) is 3.58. The SMILES string of the molecule is O=C(c1ccccc1)c1cnn(CCCN2CCN(c3cccc(Cl)c3)CC2)n1. The van der Waals surface area contributed by atoms with E-state index in [0.717, 1.165) is 44.2 Å². The predicted molar refractivity (Wildman–Crippen MR) is 115 cm³/mol. The zero-order valence-electron chi connectivity index (χ0n) is 16.2. The molecular formula is C22H24ClN5O. The molecule has 1 aliphatic rings. The van der Waals surface area contributed by atoms with E-state index in [-0.39, 0.29) is 5.78 Å². The third-order valence-electron chi connectivity index (χ3n) is 5.18. The highest BCUT2D eigenvalue weighted by molar-refractivity contribution is 6.30. The van der Waals surface area contributed by atoms with Crippen LogP contribution in [0.15, 0.2) is 60.8 Å². The Morgan fingerprint density at radius 2 is 1.76 bits per heavy atom. The molecule has 1 saturated heterocycles. The van der Waals surface area contributed by atoms with Gasteiger partial charge in [-0.3, -0.25) is 9.69 Å². The monoisotopic (exact) mass is 409 g/mol. The van der Waals surface area contributed by atoms with Crippen LogP contribution in [-0.4, -0.2) is 58.4 Å². The van der Waals surface area contributed by atoms with Gasteiger partial charge < -0.3 is 4.90 Å². The number of hydrogen-bond donors (Lipinski definition) is 0. The number of halogens is 1. The number of hydrogen-bond acceptors (Lipinski definition) is 5. The Bertz CT molecular complexity index is 951. The van der Waals surface area contributed by atoms with Gasteiger partial charge in [0.05, 0.1) is 12.7 Å². The summed E-state index contributed by atoms with van der Waals surface area (Å²) in [5.74, 6) is -0.0889. The molecule has 0 unspecified atom stereocenters. The van der Waals surface area contributed by atoms with E-state index in [0.29, 0.717) is 17.8 Å². The largest absolute Gasteiger partial charge is 0.369 e. The van der Waals surface area contributed by atoms with Gasteiger partial charge >= 0.3 is 0 Å². The maximum absolute atomic E-state index is 12.4. The Morgan fingerprint density at radius 1 is 0.966 bits per heavy atom. The van der Waals surface area contributed by atoms with Crippen molar-refractivity contribution in [2.75, 3.05) is 37.6 Å². The Balaban J connectivity index is 1.22. The number of aryl methyl sites for hydroxylation is 1. The molecule has 0 saturated carbocycles. The van der Waals surface area contributed by atoms with E-state index < -0.39 is 0 Å². The molecule has 4 rings (SSSR count). The Hall–Kier alpha value is -2.70. The summed E-state index contributed by atoms with van der Waals surface area (Å²) in [6, 6.07) is 17.2. The minimum atomic E-state index is -0.0889. The number of anilines is 1. The van der Waals surface area contributed by atoms with Crippen molar-refractivity contribution in [3.63, 3.8) is 0 Å². The highest BCUT2D eigenvalue weighted by Gasteiger charge is 2.17. The second kappa shape index (κ2) is 9.20. The van der Waals surface area contributed by atoms with Crippen molar-refractivity contribution >= 4 is 23.1 Å². The van der Waals surface area contributed by atoms with Crippen molar-refractivity contribution in [3.8, 4) is 0 Å². The van der Waals surface area contributed by atoms with Crippen LogP contribution in [0.25, 0.3) is 0 Å². The smallest absolute Gasteiger partial charge is 0.214 e. The molecule has 6 nitrogen and oxygen atoms in total. The molecule has 2 heterocycles. The highest BCUT2D eigenvalue weighted by atomic mass is 35.5. The van der Waals surface area contributed by atoms with Crippen molar-refractivity contribution in [3.05, 3.63) is 77.1 Å². The zero-order chi connectivity index (χ0) is 20.1. The predicted octanol–water partition coefficient (Wildman–Crippen LogP) is 3.37. The summed E-state index contributed by atoms with van der Waals surface area (Å²) in [5.41, 5.74) is 2.22. The fourth-order valence-corrected chi connectivity index (χ4v) is 3.77. The quantitative estimate of drug-likeness (QED) is 0.560. The van der Waals surface area contributed by atoms with Gasteiger partial charge in [0.15, 0.2) is 5.69 Å². The lowest BCUT2D eigenvalue weighted by Gasteiger charge is -2.36. The lowest BCUT2D eigenvalue weighted by molar-refractivity contribution is 0.103. The second-order valence-electron chi connectivity index (χ2n) is 7.18. The highest BCUT2D eigenvalue weighted by Crippen LogP contribution is 2.20. The fraction of sp³-hybridized carbons (Fsp3) is 0.318. The molecule has 29 heavy (non-hydrogen) atoms. The Kier molecular flexibility index (Phi) is 6.22. The second-order valence-corrected chi connectivity index (χ2v) is 7.62. The average Bonchev–Trinajstić information content (AvgIpc) is 3.23. The van der Waals surface area contributed by atoms with Crippen molar-refractivity contribution in [2.45, 2.75) is 13.0 Å². The molecule has 1 aromatic heterocycles. The minimum Gasteiger partial charge on any atom is -0.369 e. The van der Waals surface area contributed by atoms with Crippen LogP contribution in [-0.2, 0) is 6.54 Å². The van der Waals surface area contributed by atoms with Gasteiger partial charge in [0.2, 0.25) is 5.78 Å². The van der Waals surface area contributed by atoms with E-state index in [2.05, 4.69) is 26.1 Å². The lowest BCUT2D eigenvalue weighted by atomic mass is 10.1. The topological polar surface area (TPSA) is 54.3 Å². The Morgan fingerprint density at radius 3 is 2.52 bits per heavy atom. The van der Waals surface area contributed by atoms with E-state index >= 15 is 0 Å². The first kappa shape index (κ1) is 19.6. The maximum Gasteiger partial charge on any atom is 0.214 e. The molecule has 0 aliphatic carbocycles. The van der Waals surface area contributed by atoms with E-state index in [1.165, 1.54) is 5.69 Å². The van der Waals surface area contributed by atoms with Crippen LogP contribution in [0, 0.1) is 0 Å². The van der Waals surface area contributed by atoms with Crippen LogP contribution in [0.3, 0.4) is 0 Å². The molecular weight excluding hydrogens is 386 g/mol. The summed E-state index contributed by atoms with van der Waals surface area (Å²) in [6.07, 6.45) is 2.50. The van der Waals surface area contributed by atoms with E-state index in [1.807, 2.05) is 36.4 Å². The normalized spacial score (nSPS) is 14.9. The molecule has 7 heteroatoms. The van der Waals surface area contributed by atoms with Crippen LogP contribution in [0.5, 0.6) is 0 Å². The summed E-state index contributed by atoms with van der Waals surface area (Å²) in [6.45, 7) is 5.74. The van der Waals surface area contributed by atoms with Crippen LogP contribution in [0.4, 0.5) is 5.69 Å². The molecule has 150 valence electrons. The van der Waals surface area contributed by atoms with Crippen molar-refractivity contribution in [2.24, 2.45) is 0 Å². The molecule has 0 spiro atoms. The van der Waals surface area contributed by atoms with Gasteiger partial charge in [0.1, 0.15) is 0 Å². The summed E-state index contributed by atoms with van der Waals surface area (Å²) in [5, 5.41) is 9.38. The summed E-state index contributed by atoms with van der Waals surface area (Å²) in [7, 11) is 0. The van der Waals surface area contributed by atoms with E-state index in [9.17, 15) is 4.79 Å². The van der Waals surface area contributed by atoms with Gasteiger partial charge in [-0.2, -0.15) is 9.90 Å². The molecule has 0 N–H and O–H groups in total. The number of benzene rings is 2. The number of aromatic nitrogens is 3. The molecule has 3 aromatic rings. The van der Waals surface area contributed by atoms with Crippen LogP contribution in [0.2, 0.25) is 5.02 Å². The van der Waals surface area contributed by atoms with Crippen molar-refractivity contribution in [1.29, 1.82) is 0 Å². The van der Waals surface area contributed by atoms with Crippen LogP contribution >= 0.6 is 11.6 Å². The molecule has 0 atom stereocenters. The third kappa shape index (κ3) is 5.02. The van der Waals surface area contributed by atoms with Gasteiger partial charge in [-0.15, -0.1) is 5.10 Å². The van der Waals surface area contributed by atoms with Gasteiger partial charge in [0, 0.05) is 49.0 Å². The van der Waals surface area contributed by atoms with Crippen molar-refractivity contribution < 1.29 is 4.79 Å². The molecule has 0 bridgehead atoms. The maximum atomic E-state index is 12.4. The van der Waals surface area contributed by atoms with Crippen molar-refractivity contribution in [1.82, 2.24) is 19.9 Å². The van der Waals surface area contributed by atoms with Crippen LogP contribution < -0.4 is 4.90 Å². The number of piperazine rings is 1. The summed E-state index contributed by atoms with van der Waals surface area (Å²) >= 11 is 6.10. The first-order chi connectivity index (χ1) is 14.2. The number of carbonyl (C=O) groups excluding carboxylic acids is 1. The van der Waals surface area contributed by atoms with Gasteiger partial charge in [-0.25, -0.2) is 0 Å². The van der Waals surface area contributed by atoms with E-state index in [1.54, 1.807) is 23.1 Å².